The number of carboxylic acid groups (broad SMARTS) is 2. The Labute approximate surface area is 98.5 Å². The molecule has 0 spiro atoms. The molecule has 0 aromatic rings. The SMILES string of the molecule is C=C(CC(=O)O)C(=O)O.[Eu]. The van der Waals surface area contributed by atoms with Crippen molar-refractivity contribution in [1.29, 1.82) is 0 Å². The summed E-state index contributed by atoms with van der Waals surface area (Å²) < 4.78 is 0. The maximum Gasteiger partial charge on any atom is 0.331 e. The molecule has 0 atom stereocenters. The maximum absolute atomic E-state index is 9.87. The second-order valence-corrected chi connectivity index (χ2v) is 1.48. The molecule has 0 saturated heterocycles. The summed E-state index contributed by atoms with van der Waals surface area (Å²) in [5.41, 5.74) is -0.303. The van der Waals surface area contributed by atoms with Crippen LogP contribution in [-0.2, 0) is 9.59 Å². The van der Waals surface area contributed by atoms with E-state index >= 15 is 0 Å². The van der Waals surface area contributed by atoms with Crippen molar-refractivity contribution >= 4 is 11.9 Å². The quantitative estimate of drug-likeness (QED) is 0.720. The van der Waals surface area contributed by atoms with Gasteiger partial charge in [0.15, 0.2) is 0 Å². The topological polar surface area (TPSA) is 74.6 Å². The standard InChI is InChI=1S/C5H6O4.Eu/c1-3(5(8)9)2-4(6)7;/h1-2H2,(H,6,7)(H,8,9);. The molecule has 5 heteroatoms. The third-order valence-corrected chi connectivity index (χ3v) is 0.667. The third-order valence-electron chi connectivity index (χ3n) is 0.667. The Kier molecular flexibility index (Phi) is 7.75. The van der Waals surface area contributed by atoms with Crippen molar-refractivity contribution in [2.45, 2.75) is 6.42 Å². The van der Waals surface area contributed by atoms with E-state index in [1.165, 1.54) is 0 Å². The van der Waals surface area contributed by atoms with E-state index in [9.17, 15) is 9.59 Å². The van der Waals surface area contributed by atoms with E-state index in [0.29, 0.717) is 0 Å². The fraction of sp³-hybridized carbons (Fsp3) is 0.200. The van der Waals surface area contributed by atoms with Gasteiger partial charge in [-0.25, -0.2) is 4.79 Å². The number of rotatable bonds is 3. The Morgan fingerprint density at radius 3 is 1.80 bits per heavy atom. The van der Waals surface area contributed by atoms with Crippen molar-refractivity contribution in [2.24, 2.45) is 0 Å². The monoisotopic (exact) mass is 283 g/mol. The van der Waals surface area contributed by atoms with Crippen LogP contribution in [0, 0.1) is 49.4 Å². The first-order valence-electron chi connectivity index (χ1n) is 2.17. The predicted molar refractivity (Wildman–Crippen MR) is 29.0 cm³/mol. The first-order chi connectivity index (χ1) is 4.04. The third kappa shape index (κ3) is 6.39. The van der Waals surface area contributed by atoms with Gasteiger partial charge in [-0.3, -0.25) is 4.79 Å². The molecule has 0 aliphatic heterocycles. The molecule has 0 saturated carbocycles. The molecule has 1 radical (unpaired) electrons. The zero-order chi connectivity index (χ0) is 7.44. The van der Waals surface area contributed by atoms with Crippen LogP contribution < -0.4 is 0 Å². The van der Waals surface area contributed by atoms with Crippen molar-refractivity contribution < 1.29 is 69.2 Å². The van der Waals surface area contributed by atoms with Gasteiger partial charge in [-0.05, 0) is 0 Å². The van der Waals surface area contributed by atoms with Crippen molar-refractivity contribution in [3.8, 4) is 0 Å². The van der Waals surface area contributed by atoms with Crippen LogP contribution in [-0.4, -0.2) is 22.2 Å². The van der Waals surface area contributed by atoms with Crippen molar-refractivity contribution in [1.82, 2.24) is 0 Å². The minimum atomic E-state index is -1.27. The van der Waals surface area contributed by atoms with Gasteiger partial charge >= 0.3 is 11.9 Å². The van der Waals surface area contributed by atoms with Crippen LogP contribution in [0.3, 0.4) is 0 Å². The van der Waals surface area contributed by atoms with Crippen LogP contribution in [0.2, 0.25) is 0 Å². The largest absolute Gasteiger partial charge is 0.481 e. The summed E-state index contributed by atoms with van der Waals surface area (Å²) in [6.45, 7) is 3.01. The molecule has 0 aliphatic carbocycles. The number of aliphatic carboxylic acids is 2. The van der Waals surface area contributed by atoms with Crippen LogP contribution in [0.15, 0.2) is 12.2 Å². The van der Waals surface area contributed by atoms with E-state index in [2.05, 4.69) is 6.58 Å². The zero-order valence-corrected chi connectivity index (χ0v) is 7.43. The maximum atomic E-state index is 9.87. The summed E-state index contributed by atoms with van der Waals surface area (Å²) in [4.78, 5) is 19.7. The molecule has 0 aliphatic rings. The molecule has 0 aromatic heterocycles. The molecule has 0 unspecified atom stereocenters. The summed E-state index contributed by atoms with van der Waals surface area (Å²) in [6, 6.07) is 0. The molecule has 0 heterocycles. The summed E-state index contributed by atoms with van der Waals surface area (Å²) in [6.07, 6.45) is -0.505. The first-order valence-corrected chi connectivity index (χ1v) is 2.17. The first kappa shape index (κ1) is 12.9. The molecule has 0 amide bonds. The Morgan fingerprint density at radius 1 is 1.30 bits per heavy atom. The van der Waals surface area contributed by atoms with Gasteiger partial charge in [0.25, 0.3) is 0 Å². The van der Waals surface area contributed by atoms with Gasteiger partial charge in [-0.2, -0.15) is 0 Å². The molecule has 2 N–H and O–H groups in total. The average molecular weight is 282 g/mol. The number of carboxylic acids is 2. The van der Waals surface area contributed by atoms with E-state index in [-0.39, 0.29) is 54.9 Å². The van der Waals surface area contributed by atoms with E-state index in [1.54, 1.807) is 0 Å². The fourth-order valence-corrected chi connectivity index (χ4v) is 0.258. The molecule has 4 nitrogen and oxygen atoms in total. The van der Waals surface area contributed by atoms with Crippen LogP contribution >= 0.6 is 0 Å². The molecule has 57 valence electrons. The molecule has 0 bridgehead atoms. The van der Waals surface area contributed by atoms with Gasteiger partial charge in [-0.1, -0.05) is 6.58 Å². The molecular weight excluding hydrogens is 276 g/mol. The molecule has 10 heavy (non-hydrogen) atoms. The smallest absolute Gasteiger partial charge is 0.331 e. The predicted octanol–water partition coefficient (Wildman–Crippen LogP) is 0.102. The van der Waals surface area contributed by atoms with Gasteiger partial charge in [0.1, 0.15) is 0 Å². The van der Waals surface area contributed by atoms with E-state index in [0.717, 1.165) is 0 Å². The van der Waals surface area contributed by atoms with Crippen LogP contribution in [0.1, 0.15) is 6.42 Å². The zero-order valence-electron chi connectivity index (χ0n) is 5.00. The second kappa shape index (κ2) is 6.01. The Hall–Kier alpha value is 0.264. The van der Waals surface area contributed by atoms with Crippen LogP contribution in [0.5, 0.6) is 0 Å². The van der Waals surface area contributed by atoms with Gasteiger partial charge in [-0.15, -0.1) is 0 Å². The van der Waals surface area contributed by atoms with Gasteiger partial charge in [0.05, 0.1) is 6.42 Å². The Morgan fingerprint density at radius 2 is 1.70 bits per heavy atom. The minimum absolute atomic E-state index is 0. The number of hydrogen-bond donors (Lipinski definition) is 2. The van der Waals surface area contributed by atoms with Crippen LogP contribution in [0.4, 0.5) is 0 Å². The molecule has 0 aromatic carbocycles. The second-order valence-electron chi connectivity index (χ2n) is 1.48. The summed E-state index contributed by atoms with van der Waals surface area (Å²) in [5.74, 6) is -2.44. The molecule has 0 rings (SSSR count). The summed E-state index contributed by atoms with van der Waals surface area (Å²) in [7, 11) is 0. The Bertz CT molecular complexity index is 163. The van der Waals surface area contributed by atoms with E-state index in [4.69, 9.17) is 10.2 Å². The van der Waals surface area contributed by atoms with Gasteiger partial charge in [0.2, 0.25) is 0 Å². The average Bonchev–Trinajstić information content (AvgIpc) is 1.63. The minimum Gasteiger partial charge on any atom is -0.481 e. The Balaban J connectivity index is 0. The van der Waals surface area contributed by atoms with E-state index in [1.807, 2.05) is 0 Å². The number of carbonyl (C=O) groups is 2. The fourth-order valence-electron chi connectivity index (χ4n) is 0.258. The normalized spacial score (nSPS) is 7.60. The van der Waals surface area contributed by atoms with Crippen molar-refractivity contribution in [2.75, 3.05) is 0 Å². The van der Waals surface area contributed by atoms with Gasteiger partial charge < -0.3 is 10.2 Å². The molecular formula is C5H6EuO4. The van der Waals surface area contributed by atoms with Crippen molar-refractivity contribution in [3.63, 3.8) is 0 Å². The van der Waals surface area contributed by atoms with Crippen molar-refractivity contribution in [3.05, 3.63) is 12.2 Å². The number of hydrogen-bond acceptors (Lipinski definition) is 2. The van der Waals surface area contributed by atoms with Gasteiger partial charge in [0, 0.05) is 54.9 Å². The van der Waals surface area contributed by atoms with Crippen LogP contribution in [0.25, 0.3) is 0 Å². The van der Waals surface area contributed by atoms with E-state index < -0.39 is 18.4 Å². The summed E-state index contributed by atoms with van der Waals surface area (Å²) >= 11 is 0. The molecule has 0 fully saturated rings. The summed E-state index contributed by atoms with van der Waals surface area (Å²) in [5, 5.41) is 16.1.